The van der Waals surface area contributed by atoms with Crippen LogP contribution in [0.1, 0.15) is 27.4 Å². The molecule has 1 aliphatic heterocycles. The van der Waals surface area contributed by atoms with Crippen LogP contribution in [0.2, 0.25) is 0 Å². The maximum absolute atomic E-state index is 13.1. The van der Waals surface area contributed by atoms with Crippen LogP contribution < -0.4 is 10.2 Å². The Labute approximate surface area is 198 Å². The maximum atomic E-state index is 13.1. The van der Waals surface area contributed by atoms with E-state index in [0.717, 1.165) is 52.7 Å². The number of rotatable bonds is 4. The zero-order valence-electron chi connectivity index (χ0n) is 19.6. The lowest BCUT2D eigenvalue weighted by molar-refractivity contribution is 0.0746. The van der Waals surface area contributed by atoms with Crippen LogP contribution in [0.25, 0.3) is 11.0 Å². The molecule has 0 saturated carbocycles. The van der Waals surface area contributed by atoms with E-state index in [2.05, 4.69) is 20.2 Å². The lowest BCUT2D eigenvalue weighted by atomic mass is 10.1. The Morgan fingerprint density at radius 3 is 2.06 bits per heavy atom. The molecule has 1 amide bonds. The predicted molar refractivity (Wildman–Crippen MR) is 134 cm³/mol. The number of benzene rings is 2. The molecule has 0 unspecified atom stereocenters. The second-order valence-corrected chi connectivity index (χ2v) is 8.58. The van der Waals surface area contributed by atoms with Crippen LogP contribution in [0, 0.1) is 20.8 Å². The summed E-state index contributed by atoms with van der Waals surface area (Å²) in [6, 6.07) is 17.3. The van der Waals surface area contributed by atoms with Gasteiger partial charge in [-0.1, -0.05) is 12.1 Å². The first-order chi connectivity index (χ1) is 16.5. The Kier molecular flexibility index (Phi) is 5.79. The van der Waals surface area contributed by atoms with Gasteiger partial charge in [0.15, 0.2) is 5.82 Å². The number of aromatic nitrogens is 4. The first-order valence-corrected chi connectivity index (χ1v) is 11.4. The Balaban J connectivity index is 1.23. The number of carbonyl (C=O) groups excluding carboxylic acids is 1. The van der Waals surface area contributed by atoms with Gasteiger partial charge in [0.1, 0.15) is 0 Å². The molecule has 2 aromatic carbocycles. The van der Waals surface area contributed by atoms with Crippen molar-refractivity contribution >= 4 is 34.4 Å². The number of fused-ring (bicyclic) bond motifs is 1. The van der Waals surface area contributed by atoms with Crippen molar-refractivity contribution in [2.45, 2.75) is 20.8 Å². The van der Waals surface area contributed by atoms with Crippen LogP contribution in [0.4, 0.5) is 17.5 Å². The molecule has 5 rings (SSSR count). The molecular weight excluding hydrogens is 426 g/mol. The average Bonchev–Trinajstić information content (AvgIpc) is 2.83. The summed E-state index contributed by atoms with van der Waals surface area (Å²) in [5.41, 5.74) is 6.03. The molecule has 1 saturated heterocycles. The molecule has 1 aliphatic rings. The summed E-state index contributed by atoms with van der Waals surface area (Å²) in [4.78, 5) is 35.5. The van der Waals surface area contributed by atoms with Crippen molar-refractivity contribution in [2.75, 3.05) is 36.4 Å². The molecule has 1 fully saturated rings. The molecule has 4 aromatic rings. The number of nitrogens with zero attached hydrogens (tertiary/aromatic N) is 6. The van der Waals surface area contributed by atoms with E-state index in [9.17, 15) is 4.79 Å². The first-order valence-electron chi connectivity index (χ1n) is 11.4. The molecule has 8 nitrogen and oxygen atoms in total. The van der Waals surface area contributed by atoms with E-state index in [0.29, 0.717) is 24.6 Å². The molecule has 172 valence electrons. The van der Waals surface area contributed by atoms with Gasteiger partial charge in [0, 0.05) is 48.8 Å². The van der Waals surface area contributed by atoms with Crippen molar-refractivity contribution < 1.29 is 4.79 Å². The van der Waals surface area contributed by atoms with Gasteiger partial charge >= 0.3 is 0 Å². The van der Waals surface area contributed by atoms with E-state index >= 15 is 0 Å². The summed E-state index contributed by atoms with van der Waals surface area (Å²) in [5, 5.41) is 3.21. The van der Waals surface area contributed by atoms with Crippen molar-refractivity contribution in [1.29, 1.82) is 0 Å². The van der Waals surface area contributed by atoms with E-state index < -0.39 is 0 Å². The molecule has 0 atom stereocenters. The smallest absolute Gasteiger partial charge is 0.253 e. The van der Waals surface area contributed by atoms with Crippen LogP contribution in [-0.2, 0) is 0 Å². The standard InChI is InChI=1S/C26H27N7O/c1-17-16-18(2)28-26(27-17)30-21-10-8-20(9-11-21)25(34)33-14-12-32(13-15-33)24-19(3)29-22-6-4-5-7-23(22)31-24/h4-11,16H,12-15H2,1-3H3,(H,27,28,30). The maximum Gasteiger partial charge on any atom is 0.253 e. The third-order valence-electron chi connectivity index (χ3n) is 5.96. The molecular formula is C26H27N7O. The van der Waals surface area contributed by atoms with E-state index in [4.69, 9.17) is 9.97 Å². The summed E-state index contributed by atoms with van der Waals surface area (Å²) in [7, 11) is 0. The predicted octanol–water partition coefficient (Wildman–Crippen LogP) is 4.05. The fraction of sp³-hybridized carbons (Fsp3) is 0.269. The van der Waals surface area contributed by atoms with Gasteiger partial charge in [-0.3, -0.25) is 4.79 Å². The minimum atomic E-state index is 0.0372. The van der Waals surface area contributed by atoms with Gasteiger partial charge in [-0.15, -0.1) is 0 Å². The number of carbonyl (C=O) groups is 1. The number of nitrogens with one attached hydrogen (secondary N) is 1. The Morgan fingerprint density at radius 1 is 0.794 bits per heavy atom. The Bertz CT molecular complexity index is 1330. The van der Waals surface area contributed by atoms with Crippen molar-refractivity contribution in [3.63, 3.8) is 0 Å². The van der Waals surface area contributed by atoms with Gasteiger partial charge in [-0.2, -0.15) is 0 Å². The zero-order chi connectivity index (χ0) is 23.7. The summed E-state index contributed by atoms with van der Waals surface area (Å²) in [6.07, 6.45) is 0. The third kappa shape index (κ3) is 4.52. The monoisotopic (exact) mass is 453 g/mol. The molecule has 34 heavy (non-hydrogen) atoms. The van der Waals surface area contributed by atoms with Gasteiger partial charge < -0.3 is 15.1 Å². The number of hydrogen-bond donors (Lipinski definition) is 1. The second kappa shape index (κ2) is 9.05. The summed E-state index contributed by atoms with van der Waals surface area (Å²) in [5.74, 6) is 1.49. The van der Waals surface area contributed by atoms with Crippen LogP contribution in [0.3, 0.4) is 0 Å². The molecule has 1 N–H and O–H groups in total. The van der Waals surface area contributed by atoms with E-state index in [1.807, 2.05) is 80.3 Å². The topological polar surface area (TPSA) is 87.1 Å². The molecule has 2 aromatic heterocycles. The second-order valence-electron chi connectivity index (χ2n) is 8.58. The Morgan fingerprint density at radius 2 is 1.41 bits per heavy atom. The number of para-hydroxylation sites is 2. The molecule has 0 bridgehead atoms. The highest BCUT2D eigenvalue weighted by molar-refractivity contribution is 5.94. The fourth-order valence-corrected chi connectivity index (χ4v) is 4.29. The van der Waals surface area contributed by atoms with Crippen LogP contribution in [0.15, 0.2) is 54.6 Å². The number of aryl methyl sites for hydroxylation is 3. The van der Waals surface area contributed by atoms with E-state index in [1.54, 1.807) is 0 Å². The minimum Gasteiger partial charge on any atom is -0.352 e. The number of anilines is 3. The molecule has 0 spiro atoms. The van der Waals surface area contributed by atoms with Gasteiger partial charge in [0.2, 0.25) is 5.95 Å². The molecule has 8 heteroatoms. The SMILES string of the molecule is Cc1cc(C)nc(Nc2ccc(C(=O)N3CCN(c4nc5ccccc5nc4C)CC3)cc2)n1. The van der Waals surface area contributed by atoms with Crippen LogP contribution in [0.5, 0.6) is 0 Å². The lowest BCUT2D eigenvalue weighted by Gasteiger charge is -2.36. The molecule has 0 aliphatic carbocycles. The highest BCUT2D eigenvalue weighted by Crippen LogP contribution is 2.22. The van der Waals surface area contributed by atoms with Crippen LogP contribution >= 0.6 is 0 Å². The van der Waals surface area contributed by atoms with E-state index in [1.165, 1.54) is 0 Å². The van der Waals surface area contributed by atoms with Gasteiger partial charge in [-0.25, -0.2) is 19.9 Å². The summed E-state index contributed by atoms with van der Waals surface area (Å²) < 4.78 is 0. The normalized spacial score (nSPS) is 13.9. The van der Waals surface area contributed by atoms with Crippen LogP contribution in [-0.4, -0.2) is 56.9 Å². The zero-order valence-corrected chi connectivity index (χ0v) is 19.6. The van der Waals surface area contributed by atoms with Gasteiger partial charge in [0.25, 0.3) is 5.91 Å². The summed E-state index contributed by atoms with van der Waals surface area (Å²) in [6.45, 7) is 8.61. The first kappa shape index (κ1) is 21.8. The minimum absolute atomic E-state index is 0.0372. The van der Waals surface area contributed by atoms with Gasteiger partial charge in [-0.05, 0) is 63.2 Å². The highest BCUT2D eigenvalue weighted by atomic mass is 16.2. The fourth-order valence-electron chi connectivity index (χ4n) is 4.29. The van der Waals surface area contributed by atoms with Crippen molar-refractivity contribution in [3.05, 3.63) is 77.2 Å². The Hall–Kier alpha value is -4.07. The molecule has 3 heterocycles. The largest absolute Gasteiger partial charge is 0.352 e. The highest BCUT2D eigenvalue weighted by Gasteiger charge is 2.24. The number of piperazine rings is 1. The third-order valence-corrected chi connectivity index (χ3v) is 5.96. The number of hydrogen-bond acceptors (Lipinski definition) is 7. The molecule has 0 radical (unpaired) electrons. The van der Waals surface area contributed by atoms with Crippen molar-refractivity contribution in [3.8, 4) is 0 Å². The average molecular weight is 454 g/mol. The lowest BCUT2D eigenvalue weighted by Crippen LogP contribution is -2.49. The van der Waals surface area contributed by atoms with Crippen molar-refractivity contribution in [2.24, 2.45) is 0 Å². The van der Waals surface area contributed by atoms with Gasteiger partial charge in [0.05, 0.1) is 16.7 Å². The van der Waals surface area contributed by atoms with Crippen molar-refractivity contribution in [1.82, 2.24) is 24.8 Å². The number of amides is 1. The quantitative estimate of drug-likeness (QED) is 0.499. The summed E-state index contributed by atoms with van der Waals surface area (Å²) >= 11 is 0. The van der Waals surface area contributed by atoms with E-state index in [-0.39, 0.29) is 5.91 Å².